The SMILES string of the molecule is CN1Cc2c(ccc3c2OCO3)[C@H]2[C@@H](OC(=O)CCC(=O)NCCCOc3no[n+]([O-])c3S(=O)(=O)c3ccccc3)Cc3cc4c(cc3[C@H]21)OCO4. The van der Waals surface area contributed by atoms with Gasteiger partial charge in [-0.15, -0.1) is 0 Å². The van der Waals surface area contributed by atoms with E-state index in [1.165, 1.54) is 24.3 Å². The Kier molecular flexibility index (Phi) is 8.74. The number of carbonyl (C=O) groups is 2. The van der Waals surface area contributed by atoms with Crippen molar-refractivity contribution in [1.82, 2.24) is 15.4 Å². The van der Waals surface area contributed by atoms with Gasteiger partial charge < -0.3 is 38.9 Å². The molecular weight excluding hydrogens is 700 g/mol. The van der Waals surface area contributed by atoms with Gasteiger partial charge in [-0.1, -0.05) is 24.3 Å². The monoisotopic (exact) mass is 734 g/mol. The number of sulfone groups is 1. The summed E-state index contributed by atoms with van der Waals surface area (Å²) >= 11 is 0. The van der Waals surface area contributed by atoms with Crippen molar-refractivity contribution in [1.29, 1.82) is 0 Å². The van der Waals surface area contributed by atoms with Gasteiger partial charge in [0.2, 0.25) is 19.5 Å². The standard InChI is InChI=1S/C35H34N4O12S/c1-38-17-24-22(8-9-25-33(24)49-19-46-25)31-28(15-20-14-26-27(48-18-47-26)16-23(20)32(31)38)50-30(41)11-10-29(40)36-12-5-13-45-34-35(39(42)51-37-34)52(43,44)21-6-3-2-4-7-21/h2-4,6-9,14,16,28,31-32H,5,10-13,15,17-19H2,1H3,(H,36,40)/t28-,31-,32+/m0/s1. The topological polar surface area (TPSA) is 192 Å². The second-order valence-electron chi connectivity index (χ2n) is 12.8. The molecule has 52 heavy (non-hydrogen) atoms. The van der Waals surface area contributed by atoms with Gasteiger partial charge >= 0.3 is 16.9 Å². The number of likely N-dealkylation sites (N-methyl/N-ethyl adjacent to an activating group) is 1. The molecule has 4 aromatic rings. The van der Waals surface area contributed by atoms with Crippen LogP contribution in [0.25, 0.3) is 0 Å². The minimum Gasteiger partial charge on any atom is -0.461 e. The normalized spacial score (nSPS) is 19.7. The molecular formula is C35H34N4O12S. The van der Waals surface area contributed by atoms with Gasteiger partial charge in [-0.2, -0.15) is 0 Å². The zero-order valence-electron chi connectivity index (χ0n) is 27.9. The molecule has 1 amide bonds. The maximum Gasteiger partial charge on any atom is 0.414 e. The van der Waals surface area contributed by atoms with Crippen LogP contribution in [0.15, 0.2) is 69.1 Å². The molecule has 17 heteroatoms. The average Bonchev–Trinajstić information content (AvgIpc) is 3.90. The summed E-state index contributed by atoms with van der Waals surface area (Å²) in [6.07, 6.45) is -0.0892. The third-order valence-corrected chi connectivity index (χ3v) is 11.3. The van der Waals surface area contributed by atoms with Crippen molar-refractivity contribution in [2.75, 3.05) is 33.8 Å². The highest BCUT2D eigenvalue weighted by Gasteiger charge is 2.47. The van der Waals surface area contributed by atoms with Crippen LogP contribution in [0.1, 0.15) is 53.5 Å². The summed E-state index contributed by atoms with van der Waals surface area (Å²) in [6, 6.07) is 15.1. The van der Waals surface area contributed by atoms with E-state index in [0.29, 0.717) is 36.0 Å². The number of nitrogens with zero attached hydrogens (tertiary/aromatic N) is 3. The first-order valence-corrected chi connectivity index (χ1v) is 18.2. The average molecular weight is 735 g/mol. The van der Waals surface area contributed by atoms with Gasteiger partial charge in [0.15, 0.2) is 23.0 Å². The van der Waals surface area contributed by atoms with Crippen molar-refractivity contribution >= 4 is 21.7 Å². The Labute approximate surface area is 297 Å². The summed E-state index contributed by atoms with van der Waals surface area (Å²) < 4.78 is 64.8. The molecule has 0 radical (unpaired) electrons. The number of ether oxygens (including phenoxy) is 6. The molecule has 0 bridgehead atoms. The Bertz CT molecular complexity index is 2140. The Hall–Kier alpha value is -5.55. The fourth-order valence-corrected chi connectivity index (χ4v) is 8.59. The molecule has 1 N–H and O–H groups in total. The van der Waals surface area contributed by atoms with Gasteiger partial charge in [0.25, 0.3) is 9.84 Å². The van der Waals surface area contributed by atoms with Crippen LogP contribution in [0.2, 0.25) is 0 Å². The fraction of sp³-hybridized carbons (Fsp3) is 0.371. The van der Waals surface area contributed by atoms with Crippen LogP contribution in [0.4, 0.5) is 0 Å². The number of esters is 1. The number of hydrogen-bond donors (Lipinski definition) is 1. The molecule has 3 aromatic carbocycles. The number of aromatic nitrogens is 2. The maximum atomic E-state index is 13.3. The number of fused-ring (bicyclic) bond motifs is 8. The van der Waals surface area contributed by atoms with Crippen molar-refractivity contribution < 1.29 is 56.0 Å². The molecule has 0 spiro atoms. The van der Waals surface area contributed by atoms with E-state index in [9.17, 15) is 23.2 Å². The number of hydrogen-bond acceptors (Lipinski definition) is 14. The van der Waals surface area contributed by atoms with Gasteiger partial charge in [-0.05, 0) is 65.4 Å². The van der Waals surface area contributed by atoms with E-state index in [0.717, 1.165) is 22.3 Å². The van der Waals surface area contributed by atoms with Gasteiger partial charge in [-0.3, -0.25) is 19.1 Å². The lowest BCUT2D eigenvalue weighted by molar-refractivity contribution is -0.832. The highest BCUT2D eigenvalue weighted by Crippen LogP contribution is 2.54. The van der Waals surface area contributed by atoms with Crippen molar-refractivity contribution in [3.63, 3.8) is 0 Å². The van der Waals surface area contributed by atoms with Crippen molar-refractivity contribution in [3.05, 3.63) is 82.1 Å². The molecule has 4 heterocycles. The van der Waals surface area contributed by atoms with E-state index in [-0.39, 0.29) is 73.7 Å². The zero-order chi connectivity index (χ0) is 36.0. The van der Waals surface area contributed by atoms with Crippen molar-refractivity contribution in [3.8, 4) is 28.9 Å². The zero-order valence-corrected chi connectivity index (χ0v) is 28.8. The lowest BCUT2D eigenvalue weighted by Gasteiger charge is -2.47. The number of benzene rings is 3. The summed E-state index contributed by atoms with van der Waals surface area (Å²) in [5, 5.41) is 17.5. The second kappa shape index (κ2) is 13.5. The first-order chi connectivity index (χ1) is 25.2. The van der Waals surface area contributed by atoms with E-state index in [1.54, 1.807) is 6.07 Å². The molecule has 8 rings (SSSR count). The van der Waals surface area contributed by atoms with Crippen LogP contribution in [0, 0.1) is 5.21 Å². The van der Waals surface area contributed by atoms with Crippen molar-refractivity contribution in [2.45, 2.75) is 60.2 Å². The quantitative estimate of drug-likeness (QED) is 0.134. The maximum absolute atomic E-state index is 13.3. The first kappa shape index (κ1) is 33.6. The molecule has 0 saturated heterocycles. The third-order valence-electron chi connectivity index (χ3n) is 9.61. The molecule has 3 aliphatic heterocycles. The number of rotatable bonds is 11. The fourth-order valence-electron chi connectivity index (χ4n) is 7.30. The van der Waals surface area contributed by atoms with Gasteiger partial charge in [0.05, 0.1) is 23.1 Å². The summed E-state index contributed by atoms with van der Waals surface area (Å²) in [6.45, 7) is 0.975. The summed E-state index contributed by atoms with van der Waals surface area (Å²) in [5.41, 5.74) is 4.10. The lowest BCUT2D eigenvalue weighted by Crippen LogP contribution is -2.45. The summed E-state index contributed by atoms with van der Waals surface area (Å²) in [5.74, 6) is 1.14. The minimum absolute atomic E-state index is 0.0749. The van der Waals surface area contributed by atoms with E-state index in [4.69, 9.17) is 28.4 Å². The predicted molar refractivity (Wildman–Crippen MR) is 175 cm³/mol. The number of nitrogens with one attached hydrogen (secondary N) is 1. The molecule has 16 nitrogen and oxygen atoms in total. The van der Waals surface area contributed by atoms with Gasteiger partial charge in [-0.25, -0.2) is 8.42 Å². The first-order valence-electron chi connectivity index (χ1n) is 16.7. The third kappa shape index (κ3) is 6.08. The minimum atomic E-state index is -4.25. The second-order valence-corrected chi connectivity index (χ2v) is 14.7. The van der Waals surface area contributed by atoms with E-state index in [1.807, 2.05) is 31.3 Å². The predicted octanol–water partition coefficient (Wildman–Crippen LogP) is 2.70. The molecule has 0 fully saturated rings. The Morgan fingerprint density at radius 2 is 1.77 bits per heavy atom. The number of amides is 1. The molecule has 4 aliphatic rings. The number of carbonyl (C=O) groups excluding carboxylic acids is 2. The van der Waals surface area contributed by atoms with Gasteiger partial charge in [0.1, 0.15) is 6.10 Å². The molecule has 0 unspecified atom stereocenters. The highest BCUT2D eigenvalue weighted by atomic mass is 32.2. The van der Waals surface area contributed by atoms with E-state index >= 15 is 0 Å². The largest absolute Gasteiger partial charge is 0.461 e. The van der Waals surface area contributed by atoms with Crippen molar-refractivity contribution in [2.24, 2.45) is 0 Å². The van der Waals surface area contributed by atoms with Crippen LogP contribution in [0.5, 0.6) is 28.9 Å². The molecule has 1 aliphatic carbocycles. The smallest absolute Gasteiger partial charge is 0.414 e. The van der Waals surface area contributed by atoms with Crippen LogP contribution < -0.4 is 33.9 Å². The lowest BCUT2D eigenvalue weighted by atomic mass is 9.70. The van der Waals surface area contributed by atoms with Crippen LogP contribution in [-0.4, -0.2) is 70.2 Å². The molecule has 0 saturated carbocycles. The molecule has 272 valence electrons. The molecule has 3 atom stereocenters. The summed E-state index contributed by atoms with van der Waals surface area (Å²) in [4.78, 5) is 27.8. The summed E-state index contributed by atoms with van der Waals surface area (Å²) in [7, 11) is -2.22. The molecule has 1 aromatic heterocycles. The highest BCUT2D eigenvalue weighted by molar-refractivity contribution is 7.91. The Morgan fingerprint density at radius 1 is 1.00 bits per heavy atom. The van der Waals surface area contributed by atoms with E-state index < -0.39 is 32.8 Å². The Balaban J connectivity index is 0.883. The van der Waals surface area contributed by atoms with E-state index in [2.05, 4.69) is 20.0 Å². The Morgan fingerprint density at radius 3 is 2.60 bits per heavy atom. The van der Waals surface area contributed by atoms with Gasteiger partial charge in [0, 0.05) is 43.5 Å². The van der Waals surface area contributed by atoms with Crippen LogP contribution >= 0.6 is 0 Å². The van der Waals surface area contributed by atoms with Crippen LogP contribution in [0.3, 0.4) is 0 Å². The van der Waals surface area contributed by atoms with Crippen LogP contribution in [-0.2, 0) is 37.1 Å².